The van der Waals surface area contributed by atoms with Gasteiger partial charge in [0.1, 0.15) is 17.3 Å². The molecule has 0 radical (unpaired) electrons. The van der Waals surface area contributed by atoms with Crippen molar-refractivity contribution in [3.8, 4) is 5.75 Å². The van der Waals surface area contributed by atoms with E-state index in [1.54, 1.807) is 19.3 Å². The number of fused-ring (bicyclic) bond motifs is 1. The zero-order chi connectivity index (χ0) is 24.8. The number of aromatic nitrogens is 1. The standard InChI is InChI=1S/C28H26FN3O3/c1-32-18-20(21-10-5-7-13-25(21)32)17-24(31-27(33)22-11-4-6-12-23(22)29)28(34)30-16-15-19-9-3-8-14-26(19)35-2/h3-14,17-18H,15-16H2,1-2H3,(H,30,34)(H,31,33). The number of hydrogen-bond acceptors (Lipinski definition) is 3. The molecule has 35 heavy (non-hydrogen) atoms. The van der Waals surface area contributed by atoms with Gasteiger partial charge in [0, 0.05) is 36.3 Å². The summed E-state index contributed by atoms with van der Waals surface area (Å²) in [5.41, 5.74) is 2.57. The lowest BCUT2D eigenvalue weighted by molar-refractivity contribution is -0.117. The highest BCUT2D eigenvalue weighted by Crippen LogP contribution is 2.23. The van der Waals surface area contributed by atoms with E-state index in [0.717, 1.165) is 27.8 Å². The first-order chi connectivity index (χ1) is 17.0. The fourth-order valence-corrected chi connectivity index (χ4v) is 3.95. The highest BCUT2D eigenvalue weighted by molar-refractivity contribution is 6.06. The largest absolute Gasteiger partial charge is 0.496 e. The van der Waals surface area contributed by atoms with Crippen molar-refractivity contribution in [1.29, 1.82) is 0 Å². The number of nitrogens with zero attached hydrogens (tertiary/aromatic N) is 1. The first-order valence-electron chi connectivity index (χ1n) is 11.2. The third kappa shape index (κ3) is 5.41. The molecular weight excluding hydrogens is 445 g/mol. The molecule has 0 atom stereocenters. The molecule has 3 aromatic carbocycles. The Balaban J connectivity index is 1.60. The Morgan fingerprint density at radius 2 is 1.71 bits per heavy atom. The molecule has 0 aliphatic carbocycles. The average molecular weight is 472 g/mol. The molecule has 0 aliphatic rings. The predicted octanol–water partition coefficient (Wildman–Crippen LogP) is 4.46. The van der Waals surface area contributed by atoms with E-state index in [2.05, 4.69) is 10.6 Å². The minimum Gasteiger partial charge on any atom is -0.496 e. The average Bonchev–Trinajstić information content (AvgIpc) is 3.19. The number of para-hydroxylation sites is 2. The number of ether oxygens (including phenoxy) is 1. The van der Waals surface area contributed by atoms with Gasteiger partial charge in [-0.05, 0) is 42.3 Å². The van der Waals surface area contributed by atoms with Gasteiger partial charge in [-0.25, -0.2) is 4.39 Å². The second-order valence-electron chi connectivity index (χ2n) is 8.02. The van der Waals surface area contributed by atoms with Crippen LogP contribution in [0.25, 0.3) is 17.0 Å². The normalized spacial score (nSPS) is 11.3. The molecule has 0 aliphatic heterocycles. The van der Waals surface area contributed by atoms with Gasteiger partial charge in [-0.15, -0.1) is 0 Å². The summed E-state index contributed by atoms with van der Waals surface area (Å²) in [4.78, 5) is 26.0. The first kappa shape index (κ1) is 23.8. The highest BCUT2D eigenvalue weighted by Gasteiger charge is 2.18. The SMILES string of the molecule is COc1ccccc1CCNC(=O)C(=Cc1cn(C)c2ccccc12)NC(=O)c1ccccc1F. The molecule has 4 aromatic rings. The Bertz CT molecular complexity index is 1410. The van der Waals surface area contributed by atoms with Crippen LogP contribution in [0.3, 0.4) is 0 Å². The summed E-state index contributed by atoms with van der Waals surface area (Å²) in [5.74, 6) is -1.10. The molecule has 0 spiro atoms. The Labute approximate surface area is 203 Å². The smallest absolute Gasteiger partial charge is 0.267 e. The number of carbonyl (C=O) groups is 2. The number of halogens is 1. The summed E-state index contributed by atoms with van der Waals surface area (Å²) in [7, 11) is 3.51. The minimum absolute atomic E-state index is 0.0228. The molecule has 2 amide bonds. The Hall–Kier alpha value is -4.39. The van der Waals surface area contributed by atoms with Gasteiger partial charge in [0.2, 0.25) is 0 Å². The van der Waals surface area contributed by atoms with E-state index in [1.165, 1.54) is 18.2 Å². The fraction of sp³-hybridized carbons (Fsp3) is 0.143. The Morgan fingerprint density at radius 3 is 2.51 bits per heavy atom. The van der Waals surface area contributed by atoms with Crippen molar-refractivity contribution in [2.24, 2.45) is 7.05 Å². The fourth-order valence-electron chi connectivity index (χ4n) is 3.95. The van der Waals surface area contributed by atoms with Gasteiger partial charge in [0.05, 0.1) is 12.7 Å². The quantitative estimate of drug-likeness (QED) is 0.373. The molecule has 0 fully saturated rings. The van der Waals surface area contributed by atoms with Crippen LogP contribution in [0.2, 0.25) is 0 Å². The van der Waals surface area contributed by atoms with Gasteiger partial charge in [0.15, 0.2) is 0 Å². The van der Waals surface area contributed by atoms with Crippen LogP contribution in [0.1, 0.15) is 21.5 Å². The number of amides is 2. The molecule has 0 saturated heterocycles. The van der Waals surface area contributed by atoms with Gasteiger partial charge < -0.3 is 19.9 Å². The van der Waals surface area contributed by atoms with Gasteiger partial charge in [-0.3, -0.25) is 9.59 Å². The van der Waals surface area contributed by atoms with Gasteiger partial charge in [-0.1, -0.05) is 48.5 Å². The summed E-state index contributed by atoms with van der Waals surface area (Å²) < 4.78 is 21.5. The van der Waals surface area contributed by atoms with Crippen LogP contribution in [0.4, 0.5) is 4.39 Å². The van der Waals surface area contributed by atoms with Crippen LogP contribution in [-0.2, 0) is 18.3 Å². The maximum Gasteiger partial charge on any atom is 0.267 e. The van der Waals surface area contributed by atoms with Gasteiger partial charge in [0.25, 0.3) is 11.8 Å². The van der Waals surface area contributed by atoms with Crippen molar-refractivity contribution < 1.29 is 18.7 Å². The Kier molecular flexibility index (Phi) is 7.26. The lowest BCUT2D eigenvalue weighted by Gasteiger charge is -2.12. The van der Waals surface area contributed by atoms with Crippen LogP contribution in [0.5, 0.6) is 5.75 Å². The molecule has 6 nitrogen and oxygen atoms in total. The zero-order valence-electron chi connectivity index (χ0n) is 19.5. The van der Waals surface area contributed by atoms with E-state index in [9.17, 15) is 14.0 Å². The first-order valence-corrected chi connectivity index (χ1v) is 11.2. The minimum atomic E-state index is -0.700. The number of hydrogen-bond donors (Lipinski definition) is 2. The predicted molar refractivity (Wildman–Crippen MR) is 134 cm³/mol. The van der Waals surface area contributed by atoms with E-state index in [4.69, 9.17) is 4.74 Å². The maximum atomic E-state index is 14.2. The molecule has 178 valence electrons. The van der Waals surface area contributed by atoms with Crippen molar-refractivity contribution in [2.75, 3.05) is 13.7 Å². The molecule has 0 saturated carbocycles. The highest BCUT2D eigenvalue weighted by atomic mass is 19.1. The molecule has 0 bridgehead atoms. The lowest BCUT2D eigenvalue weighted by atomic mass is 10.1. The molecular formula is C28H26FN3O3. The van der Waals surface area contributed by atoms with E-state index in [-0.39, 0.29) is 11.3 Å². The number of carbonyl (C=O) groups excluding carboxylic acids is 2. The number of aryl methyl sites for hydroxylation is 1. The molecule has 2 N–H and O–H groups in total. The molecule has 1 heterocycles. The number of nitrogens with one attached hydrogen (secondary N) is 2. The zero-order valence-corrected chi connectivity index (χ0v) is 19.5. The van der Waals surface area contributed by atoms with Crippen LogP contribution in [0, 0.1) is 5.82 Å². The number of benzene rings is 3. The van der Waals surface area contributed by atoms with Crippen molar-refractivity contribution in [3.05, 3.63) is 107 Å². The van der Waals surface area contributed by atoms with E-state index >= 15 is 0 Å². The molecule has 1 aromatic heterocycles. The van der Waals surface area contributed by atoms with Gasteiger partial charge >= 0.3 is 0 Å². The molecule has 0 unspecified atom stereocenters. The summed E-state index contributed by atoms with van der Waals surface area (Å²) in [6.07, 6.45) is 4.03. The number of methoxy groups -OCH3 is 1. The van der Waals surface area contributed by atoms with Crippen LogP contribution in [-0.4, -0.2) is 30.0 Å². The maximum absolute atomic E-state index is 14.2. The van der Waals surface area contributed by atoms with Crippen LogP contribution in [0.15, 0.2) is 84.7 Å². The van der Waals surface area contributed by atoms with E-state index < -0.39 is 17.6 Å². The number of rotatable bonds is 8. The van der Waals surface area contributed by atoms with Crippen LogP contribution < -0.4 is 15.4 Å². The van der Waals surface area contributed by atoms with E-state index in [0.29, 0.717) is 13.0 Å². The molecule has 4 rings (SSSR count). The molecule has 7 heteroatoms. The second-order valence-corrected chi connectivity index (χ2v) is 8.02. The van der Waals surface area contributed by atoms with Gasteiger partial charge in [-0.2, -0.15) is 0 Å². The summed E-state index contributed by atoms with van der Waals surface area (Å²) >= 11 is 0. The van der Waals surface area contributed by atoms with E-state index in [1.807, 2.05) is 66.3 Å². The monoisotopic (exact) mass is 471 g/mol. The van der Waals surface area contributed by atoms with Crippen molar-refractivity contribution in [3.63, 3.8) is 0 Å². The van der Waals surface area contributed by atoms with Crippen molar-refractivity contribution in [2.45, 2.75) is 6.42 Å². The lowest BCUT2D eigenvalue weighted by Crippen LogP contribution is -2.36. The second kappa shape index (κ2) is 10.7. The summed E-state index contributed by atoms with van der Waals surface area (Å²) in [5, 5.41) is 6.38. The van der Waals surface area contributed by atoms with Crippen molar-refractivity contribution in [1.82, 2.24) is 15.2 Å². The Morgan fingerprint density at radius 1 is 1.00 bits per heavy atom. The van der Waals surface area contributed by atoms with Crippen molar-refractivity contribution >= 4 is 28.8 Å². The van der Waals surface area contributed by atoms with Crippen LogP contribution >= 0.6 is 0 Å². The third-order valence-corrected chi connectivity index (χ3v) is 5.71. The third-order valence-electron chi connectivity index (χ3n) is 5.71. The topological polar surface area (TPSA) is 72.4 Å². The summed E-state index contributed by atoms with van der Waals surface area (Å²) in [6, 6.07) is 21.0. The summed E-state index contributed by atoms with van der Waals surface area (Å²) in [6.45, 7) is 0.321.